The molecule has 1 nitrogen and oxygen atoms in total. The molecule has 0 aromatic rings. The van der Waals surface area contributed by atoms with Crippen molar-refractivity contribution in [3.8, 4) is 0 Å². The third kappa shape index (κ3) is 5.29. The van der Waals surface area contributed by atoms with Crippen molar-refractivity contribution in [1.29, 1.82) is 0 Å². The molecule has 0 saturated heterocycles. The van der Waals surface area contributed by atoms with E-state index in [1.165, 1.54) is 5.57 Å². The van der Waals surface area contributed by atoms with Crippen molar-refractivity contribution in [3.05, 3.63) is 23.8 Å². The van der Waals surface area contributed by atoms with E-state index in [9.17, 15) is 0 Å². The highest BCUT2D eigenvalue weighted by Gasteiger charge is 1.75. The van der Waals surface area contributed by atoms with Crippen molar-refractivity contribution in [1.82, 2.24) is 0 Å². The highest BCUT2D eigenvalue weighted by atomic mass is 14.7. The molecule has 0 fully saturated rings. The zero-order chi connectivity index (χ0) is 7.82. The summed E-state index contributed by atoms with van der Waals surface area (Å²) in [6.07, 6.45) is 7.94. The molecule has 0 spiro atoms. The lowest BCUT2D eigenvalue weighted by atomic mass is 10.3. The molecule has 10 heavy (non-hydrogen) atoms. The number of rotatable bonds is 3. The molecule has 0 bridgehead atoms. The first-order valence-electron chi connectivity index (χ1n) is 3.60. The summed E-state index contributed by atoms with van der Waals surface area (Å²) < 4.78 is 0. The molecule has 0 aliphatic rings. The first kappa shape index (κ1) is 9.15. The van der Waals surface area contributed by atoms with Crippen LogP contribution in [0.25, 0.3) is 0 Å². The lowest BCUT2D eigenvalue weighted by Gasteiger charge is -1.85. The minimum Gasteiger partial charge on any atom is -0.293 e. The largest absolute Gasteiger partial charge is 0.293 e. The Morgan fingerprint density at radius 2 is 2.20 bits per heavy atom. The second kappa shape index (κ2) is 6.27. The summed E-state index contributed by atoms with van der Waals surface area (Å²) in [6.45, 7) is 6.93. The van der Waals surface area contributed by atoms with E-state index in [0.29, 0.717) is 0 Å². The molecular formula is C9H15N. The Morgan fingerprint density at radius 1 is 1.50 bits per heavy atom. The summed E-state index contributed by atoms with van der Waals surface area (Å²) in [5.41, 5.74) is 1.19. The topological polar surface area (TPSA) is 12.4 Å². The fourth-order valence-electron chi connectivity index (χ4n) is 0.526. The second-order valence-corrected chi connectivity index (χ2v) is 2.06. The molecule has 0 amide bonds. The Kier molecular flexibility index (Phi) is 5.74. The standard InChI is InChI=1S/C9H15N/c1-4-6-7-9(3)8-10-5-2/h4,6-8H,5H2,1-3H3/b6-4-,9-7+,10-8?. The Balaban J connectivity index is 3.81. The number of allylic oxidation sites excluding steroid dienone is 4. The van der Waals surface area contributed by atoms with Gasteiger partial charge in [-0.15, -0.1) is 0 Å². The summed E-state index contributed by atoms with van der Waals surface area (Å²) in [7, 11) is 0. The van der Waals surface area contributed by atoms with E-state index in [0.717, 1.165) is 6.54 Å². The van der Waals surface area contributed by atoms with Gasteiger partial charge < -0.3 is 0 Å². The van der Waals surface area contributed by atoms with E-state index < -0.39 is 0 Å². The highest BCUT2D eigenvalue weighted by molar-refractivity contribution is 5.78. The van der Waals surface area contributed by atoms with Crippen LogP contribution in [0.15, 0.2) is 28.8 Å². The van der Waals surface area contributed by atoms with Crippen LogP contribution in [0.2, 0.25) is 0 Å². The van der Waals surface area contributed by atoms with Crippen molar-refractivity contribution in [2.24, 2.45) is 4.99 Å². The number of hydrogen-bond acceptors (Lipinski definition) is 1. The maximum Gasteiger partial charge on any atom is 0.0361 e. The smallest absolute Gasteiger partial charge is 0.0361 e. The monoisotopic (exact) mass is 137 g/mol. The molecule has 0 heterocycles. The Bertz CT molecular complexity index is 152. The first-order chi connectivity index (χ1) is 4.81. The van der Waals surface area contributed by atoms with Gasteiger partial charge >= 0.3 is 0 Å². The minimum atomic E-state index is 0.862. The Hall–Kier alpha value is -0.850. The van der Waals surface area contributed by atoms with Gasteiger partial charge in [-0.25, -0.2) is 0 Å². The van der Waals surface area contributed by atoms with Crippen LogP contribution < -0.4 is 0 Å². The molecule has 0 aliphatic heterocycles. The average molecular weight is 137 g/mol. The normalized spacial score (nSPS) is 13.7. The van der Waals surface area contributed by atoms with Crippen LogP contribution in [0.4, 0.5) is 0 Å². The number of hydrogen-bond donors (Lipinski definition) is 0. The van der Waals surface area contributed by atoms with Gasteiger partial charge in [-0.2, -0.15) is 0 Å². The van der Waals surface area contributed by atoms with Crippen molar-refractivity contribution in [3.63, 3.8) is 0 Å². The average Bonchev–Trinajstić information content (AvgIpc) is 1.97. The molecule has 0 aromatic carbocycles. The van der Waals surface area contributed by atoms with E-state index in [2.05, 4.69) is 4.99 Å². The molecule has 1 heteroatoms. The molecule has 0 unspecified atom stereocenters. The molecule has 0 atom stereocenters. The highest BCUT2D eigenvalue weighted by Crippen LogP contribution is 1.88. The van der Waals surface area contributed by atoms with E-state index in [4.69, 9.17) is 0 Å². The minimum absolute atomic E-state index is 0.862. The van der Waals surface area contributed by atoms with Gasteiger partial charge in [-0.3, -0.25) is 4.99 Å². The predicted molar refractivity (Wildman–Crippen MR) is 47.6 cm³/mol. The molecule has 0 rings (SSSR count). The molecule has 0 radical (unpaired) electrons. The van der Waals surface area contributed by atoms with Gasteiger partial charge in [0.15, 0.2) is 0 Å². The van der Waals surface area contributed by atoms with E-state index in [-0.39, 0.29) is 0 Å². The van der Waals surface area contributed by atoms with Gasteiger partial charge in [0.25, 0.3) is 0 Å². The summed E-state index contributed by atoms with van der Waals surface area (Å²) in [4.78, 5) is 4.10. The van der Waals surface area contributed by atoms with Gasteiger partial charge in [0.05, 0.1) is 0 Å². The maximum absolute atomic E-state index is 4.10. The van der Waals surface area contributed by atoms with Gasteiger partial charge in [0.2, 0.25) is 0 Å². The van der Waals surface area contributed by atoms with E-state index in [1.807, 2.05) is 45.2 Å². The third-order valence-electron chi connectivity index (χ3n) is 1.03. The molecule has 0 N–H and O–H groups in total. The summed E-state index contributed by atoms with van der Waals surface area (Å²) >= 11 is 0. The quantitative estimate of drug-likeness (QED) is 0.419. The van der Waals surface area contributed by atoms with E-state index in [1.54, 1.807) is 0 Å². The summed E-state index contributed by atoms with van der Waals surface area (Å²) in [5, 5.41) is 0. The lowest BCUT2D eigenvalue weighted by molar-refractivity contribution is 1.14. The first-order valence-corrected chi connectivity index (χ1v) is 3.60. The molecule has 0 aromatic heterocycles. The number of aliphatic imine (C=N–C) groups is 1. The van der Waals surface area contributed by atoms with Crippen LogP contribution in [0.3, 0.4) is 0 Å². The Morgan fingerprint density at radius 3 is 2.70 bits per heavy atom. The molecule has 0 saturated carbocycles. The van der Waals surface area contributed by atoms with Crippen LogP contribution in [0, 0.1) is 0 Å². The van der Waals surface area contributed by atoms with Gasteiger partial charge in [-0.1, -0.05) is 18.2 Å². The van der Waals surface area contributed by atoms with Crippen molar-refractivity contribution in [2.45, 2.75) is 20.8 Å². The fourth-order valence-corrected chi connectivity index (χ4v) is 0.526. The van der Waals surface area contributed by atoms with E-state index >= 15 is 0 Å². The van der Waals surface area contributed by atoms with Crippen LogP contribution in [-0.4, -0.2) is 12.8 Å². The second-order valence-electron chi connectivity index (χ2n) is 2.06. The molecule has 56 valence electrons. The van der Waals surface area contributed by atoms with Crippen LogP contribution in [0.1, 0.15) is 20.8 Å². The maximum atomic E-state index is 4.10. The van der Waals surface area contributed by atoms with Crippen molar-refractivity contribution < 1.29 is 0 Å². The third-order valence-corrected chi connectivity index (χ3v) is 1.03. The lowest BCUT2D eigenvalue weighted by Crippen LogP contribution is -1.77. The van der Waals surface area contributed by atoms with Gasteiger partial charge in [0, 0.05) is 12.8 Å². The summed E-state index contributed by atoms with van der Waals surface area (Å²) in [6, 6.07) is 0. The van der Waals surface area contributed by atoms with Crippen molar-refractivity contribution in [2.75, 3.05) is 6.54 Å². The zero-order valence-corrected chi connectivity index (χ0v) is 6.96. The van der Waals surface area contributed by atoms with Crippen LogP contribution in [0.5, 0.6) is 0 Å². The zero-order valence-electron chi connectivity index (χ0n) is 6.96. The Labute approximate surface area is 63.2 Å². The SMILES string of the molecule is C/C=C\C=C(/C)C=NCC. The fraction of sp³-hybridized carbons (Fsp3) is 0.444. The number of nitrogens with zero attached hydrogens (tertiary/aromatic N) is 1. The molecule has 0 aliphatic carbocycles. The summed E-state index contributed by atoms with van der Waals surface area (Å²) in [5.74, 6) is 0. The van der Waals surface area contributed by atoms with Crippen LogP contribution >= 0.6 is 0 Å². The van der Waals surface area contributed by atoms with Crippen molar-refractivity contribution >= 4 is 6.21 Å². The van der Waals surface area contributed by atoms with Crippen LogP contribution in [-0.2, 0) is 0 Å². The van der Waals surface area contributed by atoms with Gasteiger partial charge in [0.1, 0.15) is 0 Å². The molecular weight excluding hydrogens is 122 g/mol. The van der Waals surface area contributed by atoms with Gasteiger partial charge in [-0.05, 0) is 26.3 Å². The predicted octanol–water partition coefficient (Wildman–Crippen LogP) is 2.60.